The monoisotopic (exact) mass is 396 g/mol. The third-order valence-electron chi connectivity index (χ3n) is 4.80. The molecular formula is C19H28N2O5S. The molecule has 1 amide bonds. The number of hydrogen-bond donors (Lipinski definition) is 1. The first-order valence-electron chi connectivity index (χ1n) is 9.32. The molecule has 27 heavy (non-hydrogen) atoms. The first kappa shape index (κ1) is 21.4. The molecule has 0 aliphatic heterocycles. The zero-order valence-corrected chi connectivity index (χ0v) is 16.7. The summed E-state index contributed by atoms with van der Waals surface area (Å²) in [7, 11) is -1.91. The summed E-state index contributed by atoms with van der Waals surface area (Å²) in [4.78, 5) is 26.2. The van der Waals surface area contributed by atoms with E-state index in [0.717, 1.165) is 25.7 Å². The summed E-state index contributed by atoms with van der Waals surface area (Å²) >= 11 is 0. The fraction of sp³-hybridized carbons (Fsp3) is 0.579. The predicted molar refractivity (Wildman–Crippen MR) is 101 cm³/mol. The van der Waals surface area contributed by atoms with Crippen LogP contribution < -0.4 is 4.72 Å². The van der Waals surface area contributed by atoms with Crippen molar-refractivity contribution >= 4 is 21.9 Å². The normalized spacial score (nSPS) is 16.5. The molecule has 0 radical (unpaired) electrons. The maximum absolute atomic E-state index is 12.4. The average Bonchev–Trinajstić information content (AvgIpc) is 2.68. The fourth-order valence-electron chi connectivity index (χ4n) is 3.21. The number of amides is 1. The largest absolute Gasteiger partial charge is 0.452 e. The molecule has 0 aromatic heterocycles. The van der Waals surface area contributed by atoms with Gasteiger partial charge in [0.2, 0.25) is 10.0 Å². The highest BCUT2D eigenvalue weighted by molar-refractivity contribution is 7.89. The highest BCUT2D eigenvalue weighted by atomic mass is 32.2. The third kappa shape index (κ3) is 6.32. The second-order valence-corrected chi connectivity index (χ2v) is 8.60. The Morgan fingerprint density at radius 3 is 2.44 bits per heavy atom. The van der Waals surface area contributed by atoms with Gasteiger partial charge >= 0.3 is 5.97 Å². The van der Waals surface area contributed by atoms with Crippen molar-refractivity contribution in [3.8, 4) is 0 Å². The van der Waals surface area contributed by atoms with E-state index in [4.69, 9.17) is 4.74 Å². The van der Waals surface area contributed by atoms with Gasteiger partial charge in [-0.25, -0.2) is 13.1 Å². The molecule has 1 fully saturated rings. The Hall–Kier alpha value is -1.93. The molecule has 0 heterocycles. The van der Waals surface area contributed by atoms with Gasteiger partial charge in [0.05, 0.1) is 11.3 Å². The number of likely N-dealkylation sites (N-methyl/N-ethyl adjacent to an activating group) is 1. The van der Waals surface area contributed by atoms with Crippen LogP contribution in [0.4, 0.5) is 0 Å². The SMILES string of the molecule is C[C@@H](OC(=O)CCNS(=O)(=O)c1ccccc1)C(=O)N(C)C1CCCCC1. The molecule has 1 aliphatic carbocycles. The van der Waals surface area contributed by atoms with Gasteiger partial charge in [-0.3, -0.25) is 9.59 Å². The summed E-state index contributed by atoms with van der Waals surface area (Å²) in [5, 5.41) is 0. The van der Waals surface area contributed by atoms with E-state index in [1.54, 1.807) is 37.1 Å². The number of nitrogens with zero attached hydrogens (tertiary/aromatic N) is 1. The summed E-state index contributed by atoms with van der Waals surface area (Å²) in [5.41, 5.74) is 0. The molecule has 150 valence electrons. The van der Waals surface area contributed by atoms with Crippen LogP contribution in [-0.2, 0) is 24.3 Å². The molecule has 8 heteroatoms. The van der Waals surface area contributed by atoms with Gasteiger partial charge < -0.3 is 9.64 Å². The number of rotatable bonds is 8. The third-order valence-corrected chi connectivity index (χ3v) is 6.28. The van der Waals surface area contributed by atoms with Crippen molar-refractivity contribution in [1.82, 2.24) is 9.62 Å². The Morgan fingerprint density at radius 1 is 1.19 bits per heavy atom. The van der Waals surface area contributed by atoms with Gasteiger partial charge in [0.1, 0.15) is 0 Å². The van der Waals surface area contributed by atoms with E-state index in [-0.39, 0.29) is 29.8 Å². The Labute approximate surface area is 161 Å². The van der Waals surface area contributed by atoms with E-state index in [9.17, 15) is 18.0 Å². The van der Waals surface area contributed by atoms with E-state index in [1.165, 1.54) is 18.6 Å². The van der Waals surface area contributed by atoms with Gasteiger partial charge in [-0.05, 0) is 31.9 Å². The number of carbonyl (C=O) groups is 2. The summed E-state index contributed by atoms with van der Waals surface area (Å²) in [6.07, 6.45) is 4.35. The van der Waals surface area contributed by atoms with Crippen LogP contribution in [0.5, 0.6) is 0 Å². The summed E-state index contributed by atoms with van der Waals surface area (Å²) in [6.45, 7) is 1.46. The van der Waals surface area contributed by atoms with E-state index >= 15 is 0 Å². The molecule has 1 aromatic rings. The molecule has 7 nitrogen and oxygen atoms in total. The van der Waals surface area contributed by atoms with Crippen molar-refractivity contribution in [3.63, 3.8) is 0 Å². The molecule has 1 aliphatic rings. The highest BCUT2D eigenvalue weighted by Gasteiger charge is 2.27. The Morgan fingerprint density at radius 2 is 1.81 bits per heavy atom. The van der Waals surface area contributed by atoms with Crippen molar-refractivity contribution < 1.29 is 22.7 Å². The van der Waals surface area contributed by atoms with Crippen molar-refractivity contribution in [2.75, 3.05) is 13.6 Å². The van der Waals surface area contributed by atoms with Crippen LogP contribution >= 0.6 is 0 Å². The molecule has 1 aromatic carbocycles. The summed E-state index contributed by atoms with van der Waals surface area (Å²) < 4.78 is 31.7. The minimum atomic E-state index is -3.66. The van der Waals surface area contributed by atoms with Gasteiger partial charge in [-0.1, -0.05) is 37.5 Å². The van der Waals surface area contributed by atoms with Crippen molar-refractivity contribution in [2.24, 2.45) is 0 Å². The second-order valence-electron chi connectivity index (χ2n) is 6.83. The van der Waals surface area contributed by atoms with Gasteiger partial charge in [0, 0.05) is 19.6 Å². The standard InChI is InChI=1S/C19H28N2O5S/c1-15(19(23)21(2)16-9-5-3-6-10-16)26-18(22)13-14-20-27(24,25)17-11-7-4-8-12-17/h4,7-8,11-12,15-16,20H,3,5-6,9-10,13-14H2,1-2H3/t15-/m1/s1. The molecule has 1 atom stereocenters. The Balaban J connectivity index is 1.76. The molecular weight excluding hydrogens is 368 g/mol. The predicted octanol–water partition coefficient (Wildman–Crippen LogP) is 2.08. The lowest BCUT2D eigenvalue weighted by molar-refractivity contribution is -0.159. The van der Waals surface area contributed by atoms with E-state index in [0.29, 0.717) is 0 Å². The van der Waals surface area contributed by atoms with Gasteiger partial charge in [0.25, 0.3) is 5.91 Å². The second kappa shape index (κ2) is 9.85. The van der Waals surface area contributed by atoms with Crippen molar-refractivity contribution in [2.45, 2.75) is 62.5 Å². The van der Waals surface area contributed by atoms with Crippen molar-refractivity contribution in [1.29, 1.82) is 0 Å². The van der Waals surface area contributed by atoms with Crippen LogP contribution in [0.1, 0.15) is 45.4 Å². The smallest absolute Gasteiger partial charge is 0.307 e. The fourth-order valence-corrected chi connectivity index (χ4v) is 4.26. The number of benzene rings is 1. The minimum Gasteiger partial charge on any atom is -0.452 e. The van der Waals surface area contributed by atoms with E-state index in [1.807, 2.05) is 0 Å². The highest BCUT2D eigenvalue weighted by Crippen LogP contribution is 2.22. The van der Waals surface area contributed by atoms with Crippen LogP contribution in [0, 0.1) is 0 Å². The summed E-state index contributed by atoms with van der Waals surface area (Å²) in [6, 6.07) is 8.12. The average molecular weight is 397 g/mol. The molecule has 1 N–H and O–H groups in total. The number of ether oxygens (including phenoxy) is 1. The van der Waals surface area contributed by atoms with Crippen LogP contribution in [0.25, 0.3) is 0 Å². The van der Waals surface area contributed by atoms with Crippen molar-refractivity contribution in [3.05, 3.63) is 30.3 Å². The number of sulfonamides is 1. The van der Waals surface area contributed by atoms with Gasteiger partial charge in [-0.2, -0.15) is 0 Å². The lowest BCUT2D eigenvalue weighted by Gasteiger charge is -2.32. The number of nitrogens with one attached hydrogen (secondary N) is 1. The zero-order valence-electron chi connectivity index (χ0n) is 15.9. The van der Waals surface area contributed by atoms with Gasteiger partial charge in [-0.15, -0.1) is 0 Å². The molecule has 0 spiro atoms. The maximum Gasteiger partial charge on any atom is 0.307 e. The van der Waals surface area contributed by atoms with Gasteiger partial charge in [0.15, 0.2) is 6.10 Å². The zero-order chi connectivity index (χ0) is 19.9. The lowest BCUT2D eigenvalue weighted by atomic mass is 9.94. The molecule has 0 bridgehead atoms. The van der Waals surface area contributed by atoms with Crippen LogP contribution in [0.3, 0.4) is 0 Å². The summed E-state index contributed by atoms with van der Waals surface area (Å²) in [5.74, 6) is -0.830. The Bertz CT molecular complexity index is 730. The minimum absolute atomic E-state index is 0.0879. The van der Waals surface area contributed by atoms with Crippen LogP contribution in [0.15, 0.2) is 35.2 Å². The number of carbonyl (C=O) groups excluding carboxylic acids is 2. The molecule has 2 rings (SSSR count). The number of hydrogen-bond acceptors (Lipinski definition) is 5. The van der Waals surface area contributed by atoms with Crippen LogP contribution in [-0.4, -0.2) is 50.9 Å². The first-order valence-corrected chi connectivity index (χ1v) is 10.8. The van der Waals surface area contributed by atoms with E-state index < -0.39 is 22.1 Å². The number of esters is 1. The molecule has 0 saturated heterocycles. The molecule has 1 saturated carbocycles. The maximum atomic E-state index is 12.4. The lowest BCUT2D eigenvalue weighted by Crippen LogP contribution is -2.44. The quantitative estimate of drug-likeness (QED) is 0.679. The van der Waals surface area contributed by atoms with Crippen LogP contribution in [0.2, 0.25) is 0 Å². The van der Waals surface area contributed by atoms with E-state index in [2.05, 4.69) is 4.72 Å². The first-order chi connectivity index (χ1) is 12.8. The Kier molecular flexibility index (Phi) is 7.79. The molecule has 0 unspecified atom stereocenters. The topological polar surface area (TPSA) is 92.8 Å².